The first kappa shape index (κ1) is 12.3. The number of fused-ring (bicyclic) bond motifs is 2. The predicted octanol–water partition coefficient (Wildman–Crippen LogP) is 5.33. The molecule has 4 heteroatoms. The van der Waals surface area contributed by atoms with Gasteiger partial charge in [0, 0.05) is 11.1 Å². The molecule has 3 aromatic carbocycles. The Bertz CT molecular complexity index is 940. The van der Waals surface area contributed by atoms with Crippen LogP contribution >= 0.6 is 11.3 Å². The number of hydrogen-bond acceptors (Lipinski definition) is 3. The highest BCUT2D eigenvalue weighted by Gasteiger charge is 2.06. The molecule has 0 atom stereocenters. The van der Waals surface area contributed by atoms with Crippen LogP contribution in [0.25, 0.3) is 21.0 Å². The van der Waals surface area contributed by atoms with E-state index in [2.05, 4.69) is 28.5 Å². The third-order valence-electron chi connectivity index (χ3n) is 3.38. The molecular weight excluding hydrogens is 283 g/mol. The van der Waals surface area contributed by atoms with Gasteiger partial charge in [-0.2, -0.15) is 0 Å². The van der Waals surface area contributed by atoms with Gasteiger partial charge in [0.2, 0.25) is 0 Å². The minimum atomic E-state index is -0.233. The van der Waals surface area contributed by atoms with Gasteiger partial charge in [0.15, 0.2) is 5.13 Å². The van der Waals surface area contributed by atoms with E-state index >= 15 is 0 Å². The van der Waals surface area contributed by atoms with E-state index < -0.39 is 0 Å². The zero-order valence-corrected chi connectivity index (χ0v) is 11.8. The SMILES string of the molecule is Fc1ccc2nc(Nc3cccc4ccccc34)sc2c1. The van der Waals surface area contributed by atoms with Crippen LogP contribution < -0.4 is 5.32 Å². The summed E-state index contributed by atoms with van der Waals surface area (Å²) in [6, 6.07) is 19.0. The number of nitrogens with zero attached hydrogens (tertiary/aromatic N) is 1. The standard InChI is InChI=1S/C17H11FN2S/c18-12-8-9-15-16(10-12)21-17(20-15)19-14-7-3-5-11-4-1-2-6-13(11)14/h1-10H,(H,19,20). The maximum atomic E-state index is 13.2. The summed E-state index contributed by atoms with van der Waals surface area (Å²) in [7, 11) is 0. The van der Waals surface area contributed by atoms with E-state index in [4.69, 9.17) is 0 Å². The minimum Gasteiger partial charge on any atom is -0.331 e. The number of thiazole rings is 1. The average Bonchev–Trinajstić information content (AvgIpc) is 2.89. The van der Waals surface area contributed by atoms with Crippen molar-refractivity contribution < 1.29 is 4.39 Å². The highest BCUT2D eigenvalue weighted by atomic mass is 32.1. The zero-order valence-electron chi connectivity index (χ0n) is 11.0. The topological polar surface area (TPSA) is 24.9 Å². The Hall–Kier alpha value is -2.46. The lowest BCUT2D eigenvalue weighted by atomic mass is 10.1. The molecule has 0 radical (unpaired) electrons. The molecule has 1 heterocycles. The summed E-state index contributed by atoms with van der Waals surface area (Å²) in [5.41, 5.74) is 1.82. The first-order valence-corrected chi connectivity index (χ1v) is 7.42. The summed E-state index contributed by atoms with van der Waals surface area (Å²) in [5.74, 6) is -0.233. The molecule has 0 aliphatic heterocycles. The van der Waals surface area contributed by atoms with Gasteiger partial charge in [-0.1, -0.05) is 47.7 Å². The van der Waals surface area contributed by atoms with E-state index in [1.54, 1.807) is 6.07 Å². The lowest BCUT2D eigenvalue weighted by Gasteiger charge is -2.06. The molecule has 0 aliphatic rings. The van der Waals surface area contributed by atoms with Crippen molar-refractivity contribution in [2.45, 2.75) is 0 Å². The second-order valence-electron chi connectivity index (χ2n) is 4.78. The van der Waals surface area contributed by atoms with Crippen molar-refractivity contribution in [1.29, 1.82) is 0 Å². The second-order valence-corrected chi connectivity index (χ2v) is 5.81. The fourth-order valence-electron chi connectivity index (χ4n) is 2.40. The van der Waals surface area contributed by atoms with Crippen LogP contribution in [0.1, 0.15) is 0 Å². The van der Waals surface area contributed by atoms with Crippen LogP contribution in [0.3, 0.4) is 0 Å². The van der Waals surface area contributed by atoms with E-state index in [9.17, 15) is 4.39 Å². The van der Waals surface area contributed by atoms with Gasteiger partial charge in [0.05, 0.1) is 10.2 Å². The molecule has 21 heavy (non-hydrogen) atoms. The highest BCUT2D eigenvalue weighted by molar-refractivity contribution is 7.22. The molecule has 0 amide bonds. The number of anilines is 2. The summed E-state index contributed by atoms with van der Waals surface area (Å²) in [6.45, 7) is 0. The van der Waals surface area contributed by atoms with Gasteiger partial charge in [-0.3, -0.25) is 0 Å². The summed E-state index contributed by atoms with van der Waals surface area (Å²) in [6.07, 6.45) is 0. The van der Waals surface area contributed by atoms with E-state index in [1.807, 2.05) is 24.3 Å². The maximum absolute atomic E-state index is 13.2. The van der Waals surface area contributed by atoms with Crippen molar-refractivity contribution in [2.24, 2.45) is 0 Å². The molecule has 0 bridgehead atoms. The molecule has 102 valence electrons. The summed E-state index contributed by atoms with van der Waals surface area (Å²) >= 11 is 1.45. The second kappa shape index (κ2) is 4.82. The molecule has 1 aromatic heterocycles. The Balaban J connectivity index is 1.79. The van der Waals surface area contributed by atoms with Crippen LogP contribution in [0, 0.1) is 5.82 Å². The van der Waals surface area contributed by atoms with Crippen LogP contribution in [0.15, 0.2) is 60.7 Å². The Kier molecular flexibility index (Phi) is 2.82. The van der Waals surface area contributed by atoms with E-state index in [1.165, 1.54) is 28.9 Å². The third kappa shape index (κ3) is 2.23. The minimum absolute atomic E-state index is 0.233. The molecule has 4 rings (SSSR count). The normalized spacial score (nSPS) is 11.1. The molecule has 0 saturated carbocycles. The molecule has 4 aromatic rings. The Morgan fingerprint density at radius 2 is 1.81 bits per heavy atom. The molecular formula is C17H11FN2S. The number of hydrogen-bond donors (Lipinski definition) is 1. The lowest BCUT2D eigenvalue weighted by Crippen LogP contribution is -1.90. The van der Waals surface area contributed by atoms with Gasteiger partial charge < -0.3 is 5.32 Å². The maximum Gasteiger partial charge on any atom is 0.188 e. The van der Waals surface area contributed by atoms with Crippen molar-refractivity contribution in [3.05, 3.63) is 66.5 Å². The van der Waals surface area contributed by atoms with Crippen LogP contribution in [0.2, 0.25) is 0 Å². The third-order valence-corrected chi connectivity index (χ3v) is 4.32. The lowest BCUT2D eigenvalue weighted by molar-refractivity contribution is 0.630. The summed E-state index contributed by atoms with van der Waals surface area (Å²) < 4.78 is 14.1. The van der Waals surface area contributed by atoms with Gasteiger partial charge in [-0.15, -0.1) is 0 Å². The zero-order chi connectivity index (χ0) is 14.2. The van der Waals surface area contributed by atoms with E-state index in [0.29, 0.717) is 0 Å². The molecule has 1 N–H and O–H groups in total. The number of aromatic nitrogens is 1. The van der Waals surface area contributed by atoms with Crippen molar-refractivity contribution >= 4 is 43.1 Å². The monoisotopic (exact) mass is 294 g/mol. The average molecular weight is 294 g/mol. The van der Waals surface area contributed by atoms with Crippen LogP contribution in [-0.4, -0.2) is 4.98 Å². The molecule has 0 saturated heterocycles. The number of nitrogens with one attached hydrogen (secondary N) is 1. The van der Waals surface area contributed by atoms with Gasteiger partial charge in [-0.05, 0) is 29.7 Å². The van der Waals surface area contributed by atoms with Crippen molar-refractivity contribution in [2.75, 3.05) is 5.32 Å². The molecule has 0 unspecified atom stereocenters. The van der Waals surface area contributed by atoms with Gasteiger partial charge in [0.25, 0.3) is 0 Å². The molecule has 0 aliphatic carbocycles. The Morgan fingerprint density at radius 1 is 0.952 bits per heavy atom. The first-order chi connectivity index (χ1) is 10.3. The van der Waals surface area contributed by atoms with E-state index in [-0.39, 0.29) is 5.82 Å². The van der Waals surface area contributed by atoms with Gasteiger partial charge in [-0.25, -0.2) is 9.37 Å². The fourth-order valence-corrected chi connectivity index (χ4v) is 3.30. The van der Waals surface area contributed by atoms with Crippen molar-refractivity contribution in [3.63, 3.8) is 0 Å². The highest BCUT2D eigenvalue weighted by Crippen LogP contribution is 2.31. The largest absolute Gasteiger partial charge is 0.331 e. The quantitative estimate of drug-likeness (QED) is 0.540. The summed E-state index contributed by atoms with van der Waals surface area (Å²) in [5, 5.41) is 6.43. The van der Waals surface area contributed by atoms with Crippen LogP contribution in [-0.2, 0) is 0 Å². The Morgan fingerprint density at radius 3 is 2.76 bits per heavy atom. The Labute approximate surface area is 124 Å². The van der Waals surface area contributed by atoms with Gasteiger partial charge in [0.1, 0.15) is 5.82 Å². The predicted molar refractivity (Wildman–Crippen MR) is 86.8 cm³/mol. The van der Waals surface area contributed by atoms with Crippen LogP contribution in [0.5, 0.6) is 0 Å². The summed E-state index contributed by atoms with van der Waals surface area (Å²) in [4.78, 5) is 4.50. The van der Waals surface area contributed by atoms with E-state index in [0.717, 1.165) is 26.4 Å². The molecule has 0 spiro atoms. The first-order valence-electron chi connectivity index (χ1n) is 6.60. The number of halogens is 1. The molecule has 0 fully saturated rings. The van der Waals surface area contributed by atoms with Crippen LogP contribution in [0.4, 0.5) is 15.2 Å². The molecule has 2 nitrogen and oxygen atoms in total. The van der Waals surface area contributed by atoms with Crippen molar-refractivity contribution in [3.8, 4) is 0 Å². The van der Waals surface area contributed by atoms with Gasteiger partial charge >= 0.3 is 0 Å². The number of benzene rings is 3. The van der Waals surface area contributed by atoms with Crippen molar-refractivity contribution in [1.82, 2.24) is 4.98 Å². The number of rotatable bonds is 2. The fraction of sp³-hybridized carbons (Fsp3) is 0. The smallest absolute Gasteiger partial charge is 0.188 e.